The van der Waals surface area contributed by atoms with Gasteiger partial charge in [0.15, 0.2) is 0 Å². The maximum Gasteiger partial charge on any atom is 0.412 e. The van der Waals surface area contributed by atoms with Crippen molar-refractivity contribution in [3.8, 4) is 0 Å². The lowest BCUT2D eigenvalue weighted by atomic mass is 9.86. The highest BCUT2D eigenvalue weighted by molar-refractivity contribution is 6.31. The molecule has 0 radical (unpaired) electrons. The van der Waals surface area contributed by atoms with E-state index in [0.717, 1.165) is 10.9 Å². The number of hydrogen-bond donors (Lipinski definition) is 3. The van der Waals surface area contributed by atoms with Gasteiger partial charge in [-0.1, -0.05) is 36.7 Å². The molecule has 3 rings (SSSR count). The van der Waals surface area contributed by atoms with Crippen molar-refractivity contribution >= 4 is 40.3 Å². The van der Waals surface area contributed by atoms with Crippen LogP contribution in [-0.2, 0) is 11.3 Å². The van der Waals surface area contributed by atoms with Crippen LogP contribution in [0.3, 0.4) is 0 Å². The first-order valence-corrected chi connectivity index (χ1v) is 11.8. The number of hydrogen-bond acceptors (Lipinski definition) is 5. The van der Waals surface area contributed by atoms with Crippen LogP contribution in [0.2, 0.25) is 5.02 Å². The number of halogens is 2. The van der Waals surface area contributed by atoms with E-state index in [4.69, 9.17) is 16.3 Å². The number of benzene rings is 2. The standard InChI is InChI=1S/C26H30ClFN4O4/c1-16(26(2,3)35)22(32(4)24(33)30-14-18-7-5-6-8-21(18)27)15-36-25(34)31-23-12-19-11-20(28)10-9-17(19)13-29-23/h5-13,16,22,35H,14-15H2,1-4H3,(H,30,33)(H,29,31,34)/t16-,22+/m0/s1. The molecular formula is C26H30ClFN4O4. The molecule has 2 atom stereocenters. The number of carbonyl (C=O) groups is 2. The Morgan fingerprint density at radius 3 is 2.61 bits per heavy atom. The lowest BCUT2D eigenvalue weighted by Crippen LogP contribution is -2.53. The smallest absolute Gasteiger partial charge is 0.412 e. The minimum absolute atomic E-state index is 0.185. The molecular weight excluding hydrogens is 487 g/mol. The summed E-state index contributed by atoms with van der Waals surface area (Å²) >= 11 is 6.16. The van der Waals surface area contributed by atoms with Crippen LogP contribution >= 0.6 is 11.6 Å². The minimum Gasteiger partial charge on any atom is -0.447 e. The second kappa shape index (κ2) is 11.5. The third-order valence-electron chi connectivity index (χ3n) is 6.20. The zero-order valence-electron chi connectivity index (χ0n) is 20.6. The molecule has 8 nitrogen and oxygen atoms in total. The van der Waals surface area contributed by atoms with Crippen LogP contribution < -0.4 is 10.6 Å². The SMILES string of the molecule is C[C@@H]([C@@H](COC(=O)Nc1cc2cc(F)ccc2cn1)N(C)C(=O)NCc1ccccc1Cl)C(C)(C)O. The Kier molecular flexibility index (Phi) is 8.70. The minimum atomic E-state index is -1.16. The van der Waals surface area contributed by atoms with E-state index < -0.39 is 35.5 Å². The van der Waals surface area contributed by atoms with E-state index in [1.54, 1.807) is 46.0 Å². The number of anilines is 1. The number of aromatic nitrogens is 1. The van der Waals surface area contributed by atoms with E-state index in [1.807, 2.05) is 12.1 Å². The number of fused-ring (bicyclic) bond motifs is 1. The van der Waals surface area contributed by atoms with Gasteiger partial charge in [0.2, 0.25) is 0 Å². The molecule has 0 fully saturated rings. The van der Waals surface area contributed by atoms with Crippen molar-refractivity contribution in [2.45, 2.75) is 39.0 Å². The van der Waals surface area contributed by atoms with Gasteiger partial charge in [0.05, 0.1) is 11.6 Å². The molecule has 1 aromatic heterocycles. The Bertz CT molecular complexity index is 1230. The molecule has 3 aromatic rings. The number of aliphatic hydroxyl groups is 1. The summed E-state index contributed by atoms with van der Waals surface area (Å²) in [5, 5.41) is 17.7. The first-order chi connectivity index (χ1) is 17.0. The van der Waals surface area contributed by atoms with Gasteiger partial charge in [0.1, 0.15) is 18.2 Å². The van der Waals surface area contributed by atoms with Crippen molar-refractivity contribution < 1.29 is 23.8 Å². The molecule has 2 aromatic carbocycles. The topological polar surface area (TPSA) is 104 Å². The average Bonchev–Trinajstić information content (AvgIpc) is 2.82. The zero-order valence-corrected chi connectivity index (χ0v) is 21.3. The molecule has 10 heteroatoms. The lowest BCUT2D eigenvalue weighted by Gasteiger charge is -2.38. The maximum atomic E-state index is 13.5. The van der Waals surface area contributed by atoms with Gasteiger partial charge in [-0.3, -0.25) is 5.32 Å². The highest BCUT2D eigenvalue weighted by Gasteiger charge is 2.35. The van der Waals surface area contributed by atoms with Gasteiger partial charge in [-0.15, -0.1) is 0 Å². The number of pyridine rings is 1. The number of amides is 3. The monoisotopic (exact) mass is 516 g/mol. The molecule has 36 heavy (non-hydrogen) atoms. The van der Waals surface area contributed by atoms with E-state index >= 15 is 0 Å². The van der Waals surface area contributed by atoms with Crippen LogP contribution in [-0.4, -0.2) is 52.4 Å². The second-order valence-electron chi connectivity index (χ2n) is 9.16. The Hall–Kier alpha value is -3.43. The molecule has 1 heterocycles. The summed E-state index contributed by atoms with van der Waals surface area (Å²) in [4.78, 5) is 30.9. The number of nitrogens with zero attached hydrogens (tertiary/aromatic N) is 2. The van der Waals surface area contributed by atoms with E-state index in [2.05, 4.69) is 15.6 Å². The Labute approximate surface area is 214 Å². The first kappa shape index (κ1) is 27.2. The number of likely N-dealkylation sites (N-methyl/N-ethyl adjacent to an activating group) is 1. The van der Waals surface area contributed by atoms with Gasteiger partial charge < -0.3 is 20.1 Å². The molecule has 0 bridgehead atoms. The summed E-state index contributed by atoms with van der Waals surface area (Å²) in [5.41, 5.74) is -0.405. The van der Waals surface area contributed by atoms with Crippen molar-refractivity contribution in [2.75, 3.05) is 19.0 Å². The molecule has 0 aliphatic heterocycles. The van der Waals surface area contributed by atoms with E-state index in [0.29, 0.717) is 10.4 Å². The number of urea groups is 1. The number of rotatable bonds is 8. The highest BCUT2D eigenvalue weighted by atomic mass is 35.5. The fourth-order valence-corrected chi connectivity index (χ4v) is 3.83. The maximum absolute atomic E-state index is 13.5. The van der Waals surface area contributed by atoms with Gasteiger partial charge >= 0.3 is 12.1 Å². The van der Waals surface area contributed by atoms with Crippen LogP contribution in [0.1, 0.15) is 26.3 Å². The molecule has 0 aliphatic carbocycles. The fourth-order valence-electron chi connectivity index (χ4n) is 3.63. The summed E-state index contributed by atoms with van der Waals surface area (Å²) < 4.78 is 18.9. The van der Waals surface area contributed by atoms with E-state index in [-0.39, 0.29) is 19.0 Å². The first-order valence-electron chi connectivity index (χ1n) is 11.4. The number of carbonyl (C=O) groups excluding carboxylic acids is 2. The van der Waals surface area contributed by atoms with Crippen molar-refractivity contribution in [2.24, 2.45) is 5.92 Å². The molecule has 3 N–H and O–H groups in total. The molecule has 0 saturated heterocycles. The molecule has 0 spiro atoms. The van der Waals surface area contributed by atoms with Crippen molar-refractivity contribution in [1.82, 2.24) is 15.2 Å². The van der Waals surface area contributed by atoms with Gasteiger partial charge in [-0.25, -0.2) is 19.0 Å². The lowest BCUT2D eigenvalue weighted by molar-refractivity contribution is -0.0225. The Morgan fingerprint density at radius 1 is 1.19 bits per heavy atom. The molecule has 0 saturated carbocycles. The van der Waals surface area contributed by atoms with E-state index in [1.165, 1.54) is 29.3 Å². The largest absolute Gasteiger partial charge is 0.447 e. The summed E-state index contributed by atoms with van der Waals surface area (Å²) in [6.07, 6.45) is 0.719. The third kappa shape index (κ3) is 7.05. The van der Waals surface area contributed by atoms with Gasteiger partial charge in [-0.05, 0) is 55.1 Å². The second-order valence-corrected chi connectivity index (χ2v) is 9.56. The summed E-state index contributed by atoms with van der Waals surface area (Å²) in [6.45, 7) is 5.04. The number of nitrogens with one attached hydrogen (secondary N) is 2. The highest BCUT2D eigenvalue weighted by Crippen LogP contribution is 2.24. The molecule has 3 amide bonds. The van der Waals surface area contributed by atoms with Crippen LogP contribution in [0.5, 0.6) is 0 Å². The van der Waals surface area contributed by atoms with E-state index in [9.17, 15) is 19.1 Å². The van der Waals surface area contributed by atoms with Gasteiger partial charge in [-0.2, -0.15) is 0 Å². The fraction of sp³-hybridized carbons (Fsp3) is 0.346. The number of ether oxygens (including phenoxy) is 1. The van der Waals surface area contributed by atoms with Crippen molar-refractivity contribution in [3.63, 3.8) is 0 Å². The van der Waals surface area contributed by atoms with Crippen molar-refractivity contribution in [3.05, 3.63) is 71.1 Å². The average molecular weight is 517 g/mol. The molecule has 0 unspecified atom stereocenters. The van der Waals surface area contributed by atoms with Crippen LogP contribution in [0.25, 0.3) is 10.8 Å². The predicted octanol–water partition coefficient (Wildman–Crippen LogP) is 5.19. The Balaban J connectivity index is 1.66. The summed E-state index contributed by atoms with van der Waals surface area (Å²) in [5.74, 6) is -0.666. The van der Waals surface area contributed by atoms with Crippen molar-refractivity contribution in [1.29, 1.82) is 0 Å². The summed E-state index contributed by atoms with van der Waals surface area (Å²) in [6, 6.07) is 11.9. The third-order valence-corrected chi connectivity index (χ3v) is 6.57. The molecule has 0 aliphatic rings. The van der Waals surface area contributed by atoms with Crippen LogP contribution in [0, 0.1) is 11.7 Å². The van der Waals surface area contributed by atoms with Crippen LogP contribution in [0.4, 0.5) is 19.8 Å². The van der Waals surface area contributed by atoms with Crippen LogP contribution in [0.15, 0.2) is 54.7 Å². The predicted molar refractivity (Wildman–Crippen MR) is 137 cm³/mol. The Morgan fingerprint density at radius 2 is 1.92 bits per heavy atom. The summed E-state index contributed by atoms with van der Waals surface area (Å²) in [7, 11) is 1.57. The quantitative estimate of drug-likeness (QED) is 0.382. The van der Waals surface area contributed by atoms with Gasteiger partial charge in [0, 0.05) is 36.1 Å². The normalized spacial score (nSPS) is 13.1. The van der Waals surface area contributed by atoms with Gasteiger partial charge in [0.25, 0.3) is 0 Å². The zero-order chi connectivity index (χ0) is 26.5. The molecule has 192 valence electrons.